The molecule has 210 valence electrons. The molecule has 0 atom stereocenters. The van der Waals surface area contributed by atoms with Crippen LogP contribution < -0.4 is 5.32 Å². The lowest BCUT2D eigenvalue weighted by Crippen LogP contribution is -2.30. The van der Waals surface area contributed by atoms with Gasteiger partial charge in [-0.05, 0) is 71.8 Å². The lowest BCUT2D eigenvalue weighted by atomic mass is 9.91. The van der Waals surface area contributed by atoms with Crippen LogP contribution in [0, 0.1) is 0 Å². The standard InChI is InChI=1S/C24H12ClF12NO/c25-18-3-1-11(2-4-18)20(39)38-19(12-5-14(21(26,27)28)9-15(6-12)22(29,30)31)13-7-16(23(32,33)34)10-17(8-13)24(35,36)37/h1-10,19H,(H,38,39). The molecule has 15 heteroatoms. The van der Waals surface area contributed by atoms with E-state index in [-0.39, 0.29) is 47.0 Å². The minimum Gasteiger partial charge on any atom is -0.341 e. The highest BCUT2D eigenvalue weighted by molar-refractivity contribution is 6.30. The smallest absolute Gasteiger partial charge is 0.341 e. The largest absolute Gasteiger partial charge is 0.416 e. The van der Waals surface area contributed by atoms with E-state index in [4.69, 9.17) is 11.6 Å². The average molecular weight is 594 g/mol. The summed E-state index contributed by atoms with van der Waals surface area (Å²) in [6, 6.07) is 1.96. The first-order chi connectivity index (χ1) is 17.7. The third-order valence-corrected chi connectivity index (χ3v) is 5.52. The predicted octanol–water partition coefficient (Wildman–Crippen LogP) is 8.93. The van der Waals surface area contributed by atoms with Gasteiger partial charge in [0.25, 0.3) is 5.91 Å². The van der Waals surface area contributed by atoms with Crippen molar-refractivity contribution in [2.75, 3.05) is 0 Å². The zero-order chi connectivity index (χ0) is 29.6. The van der Waals surface area contributed by atoms with Gasteiger partial charge in [-0.15, -0.1) is 0 Å². The Morgan fingerprint density at radius 3 is 1.15 bits per heavy atom. The van der Waals surface area contributed by atoms with Crippen LogP contribution in [-0.4, -0.2) is 5.91 Å². The van der Waals surface area contributed by atoms with E-state index in [1.54, 1.807) is 0 Å². The molecule has 0 spiro atoms. The molecule has 2 nitrogen and oxygen atoms in total. The van der Waals surface area contributed by atoms with Gasteiger partial charge in [0.15, 0.2) is 0 Å². The minimum absolute atomic E-state index is 0.0928. The fourth-order valence-corrected chi connectivity index (χ4v) is 3.59. The first-order valence-corrected chi connectivity index (χ1v) is 10.7. The number of hydrogen-bond acceptors (Lipinski definition) is 1. The van der Waals surface area contributed by atoms with E-state index in [2.05, 4.69) is 0 Å². The van der Waals surface area contributed by atoms with Gasteiger partial charge >= 0.3 is 24.7 Å². The number of rotatable bonds is 4. The average Bonchev–Trinajstić information content (AvgIpc) is 2.80. The quantitative estimate of drug-likeness (QED) is 0.301. The Morgan fingerprint density at radius 1 is 0.564 bits per heavy atom. The molecule has 0 saturated carbocycles. The molecule has 0 aliphatic heterocycles. The van der Waals surface area contributed by atoms with E-state index in [0.29, 0.717) is 0 Å². The van der Waals surface area contributed by atoms with Crippen LogP contribution in [-0.2, 0) is 24.7 Å². The number of amides is 1. The van der Waals surface area contributed by atoms with Gasteiger partial charge in [0, 0.05) is 10.6 Å². The van der Waals surface area contributed by atoms with Crippen LogP contribution in [0.1, 0.15) is 49.8 Å². The Morgan fingerprint density at radius 2 is 0.872 bits per heavy atom. The zero-order valence-corrected chi connectivity index (χ0v) is 19.4. The van der Waals surface area contributed by atoms with Gasteiger partial charge in [-0.1, -0.05) is 11.6 Å². The Hall–Kier alpha value is -3.42. The number of carbonyl (C=O) groups excluding carboxylic acids is 1. The molecular formula is C24H12ClF12NO. The molecule has 0 fully saturated rings. The number of hydrogen-bond donors (Lipinski definition) is 1. The first kappa shape index (κ1) is 30.1. The number of halogens is 13. The molecule has 1 N–H and O–H groups in total. The van der Waals surface area contributed by atoms with Gasteiger partial charge in [0.05, 0.1) is 28.3 Å². The van der Waals surface area contributed by atoms with E-state index < -0.39 is 70.0 Å². The lowest BCUT2D eigenvalue weighted by Gasteiger charge is -2.24. The summed E-state index contributed by atoms with van der Waals surface area (Å²) in [5, 5.41) is 2.06. The van der Waals surface area contributed by atoms with E-state index in [0.717, 1.165) is 12.1 Å². The molecule has 0 aromatic heterocycles. The van der Waals surface area contributed by atoms with Crippen LogP contribution in [0.15, 0.2) is 60.7 Å². The number of alkyl halides is 12. The van der Waals surface area contributed by atoms with Gasteiger partial charge in [0.1, 0.15) is 0 Å². The summed E-state index contributed by atoms with van der Waals surface area (Å²) in [7, 11) is 0. The fourth-order valence-electron chi connectivity index (χ4n) is 3.47. The van der Waals surface area contributed by atoms with Gasteiger partial charge < -0.3 is 5.32 Å². The molecule has 0 radical (unpaired) electrons. The Bertz CT molecular complexity index is 1220. The monoisotopic (exact) mass is 593 g/mol. The molecule has 0 aliphatic rings. The van der Waals surface area contributed by atoms with Crippen LogP contribution in [0.3, 0.4) is 0 Å². The maximum atomic E-state index is 13.4. The molecule has 3 aromatic carbocycles. The van der Waals surface area contributed by atoms with E-state index >= 15 is 0 Å². The van der Waals surface area contributed by atoms with Gasteiger partial charge in [-0.3, -0.25) is 4.79 Å². The molecule has 3 aromatic rings. The first-order valence-electron chi connectivity index (χ1n) is 10.3. The van der Waals surface area contributed by atoms with E-state index in [9.17, 15) is 57.5 Å². The number of nitrogens with one attached hydrogen (secondary N) is 1. The predicted molar refractivity (Wildman–Crippen MR) is 114 cm³/mol. The van der Waals surface area contributed by atoms with Crippen LogP contribution in [0.5, 0.6) is 0 Å². The summed E-state index contributed by atoms with van der Waals surface area (Å²) in [6.07, 6.45) is -21.6. The van der Waals surface area contributed by atoms with Crippen molar-refractivity contribution in [3.05, 3.63) is 105 Å². The second-order valence-corrected chi connectivity index (χ2v) is 8.53. The SMILES string of the molecule is O=C(NC(c1cc(C(F)(F)F)cc(C(F)(F)F)c1)c1cc(C(F)(F)F)cc(C(F)(F)F)c1)c1ccc(Cl)cc1. The Labute approximate surface area is 216 Å². The number of benzene rings is 3. The van der Waals surface area contributed by atoms with Gasteiger partial charge in [0.2, 0.25) is 0 Å². The molecule has 1 amide bonds. The normalized spacial score (nSPS) is 13.1. The topological polar surface area (TPSA) is 29.1 Å². The van der Waals surface area contributed by atoms with Crippen molar-refractivity contribution in [3.63, 3.8) is 0 Å². The third-order valence-electron chi connectivity index (χ3n) is 5.27. The summed E-state index contributed by atoms with van der Waals surface area (Å²) < 4.78 is 161. The molecule has 39 heavy (non-hydrogen) atoms. The highest BCUT2D eigenvalue weighted by atomic mass is 35.5. The fraction of sp³-hybridized carbons (Fsp3) is 0.208. The molecule has 0 bridgehead atoms. The summed E-state index contributed by atoms with van der Waals surface area (Å²) in [4.78, 5) is 12.8. The maximum absolute atomic E-state index is 13.4. The summed E-state index contributed by atoms with van der Waals surface area (Å²) >= 11 is 5.70. The molecule has 0 aliphatic carbocycles. The van der Waals surface area contributed by atoms with E-state index in [1.807, 2.05) is 5.32 Å². The summed E-state index contributed by atoms with van der Waals surface area (Å²) in [5.41, 5.74) is -10.1. The van der Waals surface area contributed by atoms with Crippen molar-refractivity contribution in [2.45, 2.75) is 30.7 Å². The Balaban J connectivity index is 2.33. The van der Waals surface area contributed by atoms with Gasteiger partial charge in [-0.2, -0.15) is 52.7 Å². The second-order valence-electron chi connectivity index (χ2n) is 8.09. The highest BCUT2D eigenvalue weighted by Gasteiger charge is 2.40. The van der Waals surface area contributed by atoms with Crippen molar-refractivity contribution >= 4 is 17.5 Å². The third kappa shape index (κ3) is 7.37. The summed E-state index contributed by atoms with van der Waals surface area (Å²) in [6.45, 7) is 0. The van der Waals surface area contributed by atoms with Crippen LogP contribution in [0.2, 0.25) is 5.02 Å². The van der Waals surface area contributed by atoms with Crippen LogP contribution in [0.25, 0.3) is 0 Å². The zero-order valence-electron chi connectivity index (χ0n) is 18.7. The molecular weight excluding hydrogens is 582 g/mol. The van der Waals surface area contributed by atoms with E-state index in [1.165, 1.54) is 12.1 Å². The molecule has 0 unspecified atom stereocenters. The van der Waals surface area contributed by atoms with Crippen molar-refractivity contribution in [1.29, 1.82) is 0 Å². The van der Waals surface area contributed by atoms with Crippen LogP contribution >= 0.6 is 11.6 Å². The molecule has 0 heterocycles. The van der Waals surface area contributed by atoms with Crippen molar-refractivity contribution < 1.29 is 57.5 Å². The minimum atomic E-state index is -5.40. The maximum Gasteiger partial charge on any atom is 0.416 e. The molecule has 0 saturated heterocycles. The Kier molecular flexibility index (Phi) is 7.94. The van der Waals surface area contributed by atoms with Gasteiger partial charge in [-0.25, -0.2) is 0 Å². The van der Waals surface area contributed by atoms with Crippen molar-refractivity contribution in [2.24, 2.45) is 0 Å². The second kappa shape index (κ2) is 10.3. The summed E-state index contributed by atoms with van der Waals surface area (Å²) in [5.74, 6) is -1.24. The molecule has 3 rings (SSSR count). The van der Waals surface area contributed by atoms with Crippen molar-refractivity contribution in [1.82, 2.24) is 5.32 Å². The lowest BCUT2D eigenvalue weighted by molar-refractivity contribution is -0.144. The van der Waals surface area contributed by atoms with Crippen molar-refractivity contribution in [3.8, 4) is 0 Å². The highest BCUT2D eigenvalue weighted by Crippen LogP contribution is 2.41. The van der Waals surface area contributed by atoms with Crippen LogP contribution in [0.4, 0.5) is 52.7 Å². The number of carbonyl (C=O) groups is 1.